The van der Waals surface area contributed by atoms with Gasteiger partial charge in [0.2, 0.25) is 0 Å². The van der Waals surface area contributed by atoms with E-state index in [9.17, 15) is 9.90 Å². The van der Waals surface area contributed by atoms with Gasteiger partial charge in [0.25, 0.3) is 0 Å². The largest absolute Gasteiger partial charge is 0.497 e. The van der Waals surface area contributed by atoms with Gasteiger partial charge in [-0.2, -0.15) is 0 Å². The quantitative estimate of drug-likeness (QED) is 0.318. The highest BCUT2D eigenvalue weighted by molar-refractivity contribution is 8.01. The molecule has 1 unspecified atom stereocenters. The van der Waals surface area contributed by atoms with Gasteiger partial charge in [0, 0.05) is 54.5 Å². The molecule has 2 aromatic heterocycles. The molecule has 1 fully saturated rings. The summed E-state index contributed by atoms with van der Waals surface area (Å²) in [6, 6.07) is 8.37. The third-order valence-corrected chi connectivity index (χ3v) is 9.18. The van der Waals surface area contributed by atoms with E-state index in [1.165, 1.54) is 5.56 Å². The fourth-order valence-electron chi connectivity index (χ4n) is 5.37. The van der Waals surface area contributed by atoms with E-state index >= 15 is 0 Å². The standard InChI is InChI=1S/C27H36N4O3S2/c1-30(2)25(22-8-10-28-24-6-5-21(34-3)17-23(22)24)7-4-19-9-12-31(18-20(19)16-26(32)33)13-15-36-27-29-11-14-35-27/h5-6,8,10-11,14,17,19-20,25H,4,7,9,12-13,15-16,18H2,1-3H3,(H,32,33)/t19-,20+,25?/m1/s1. The molecule has 0 saturated carbocycles. The van der Waals surface area contributed by atoms with Crippen molar-refractivity contribution < 1.29 is 14.6 Å². The molecule has 0 spiro atoms. The van der Waals surface area contributed by atoms with Gasteiger partial charge in [-0.25, -0.2) is 4.98 Å². The molecule has 4 rings (SSSR count). The Balaban J connectivity index is 1.42. The molecule has 9 heteroatoms. The van der Waals surface area contributed by atoms with Gasteiger partial charge in [0.15, 0.2) is 0 Å². The summed E-state index contributed by atoms with van der Waals surface area (Å²) >= 11 is 3.46. The maximum absolute atomic E-state index is 11.7. The van der Waals surface area contributed by atoms with Crippen LogP contribution in [0.3, 0.4) is 0 Å². The number of fused-ring (bicyclic) bond motifs is 1. The molecule has 0 radical (unpaired) electrons. The van der Waals surface area contributed by atoms with Crippen molar-refractivity contribution in [2.24, 2.45) is 11.8 Å². The molecule has 1 aliphatic heterocycles. The summed E-state index contributed by atoms with van der Waals surface area (Å²) < 4.78 is 6.58. The van der Waals surface area contributed by atoms with Crippen molar-refractivity contribution in [2.45, 2.75) is 36.1 Å². The van der Waals surface area contributed by atoms with Crippen LogP contribution in [0.1, 0.15) is 37.3 Å². The number of likely N-dealkylation sites (tertiary alicyclic amines) is 1. The van der Waals surface area contributed by atoms with Crippen LogP contribution in [0, 0.1) is 11.8 Å². The average molecular weight is 529 g/mol. The minimum atomic E-state index is -0.694. The topological polar surface area (TPSA) is 78.8 Å². The lowest BCUT2D eigenvalue weighted by Gasteiger charge is -2.39. The van der Waals surface area contributed by atoms with Crippen LogP contribution in [0.15, 0.2) is 46.4 Å². The van der Waals surface area contributed by atoms with E-state index < -0.39 is 5.97 Å². The minimum Gasteiger partial charge on any atom is -0.497 e. The Bertz CT molecular complexity index is 1130. The fraction of sp³-hybridized carbons (Fsp3) is 0.519. The van der Waals surface area contributed by atoms with Crippen LogP contribution >= 0.6 is 23.1 Å². The van der Waals surface area contributed by atoms with Crippen molar-refractivity contribution >= 4 is 40.0 Å². The number of hydrogen-bond acceptors (Lipinski definition) is 8. The van der Waals surface area contributed by atoms with Crippen molar-refractivity contribution in [3.8, 4) is 5.75 Å². The summed E-state index contributed by atoms with van der Waals surface area (Å²) in [7, 11) is 5.93. The van der Waals surface area contributed by atoms with Crippen LogP contribution in [-0.4, -0.2) is 77.4 Å². The molecule has 3 aromatic rings. The number of pyridine rings is 1. The maximum atomic E-state index is 11.7. The number of ether oxygens (including phenoxy) is 1. The molecule has 1 saturated heterocycles. The number of thiazole rings is 1. The highest BCUT2D eigenvalue weighted by Crippen LogP contribution is 2.36. The molecule has 7 nitrogen and oxygen atoms in total. The predicted octanol–water partition coefficient (Wildman–Crippen LogP) is 5.29. The summed E-state index contributed by atoms with van der Waals surface area (Å²) in [6.07, 6.45) is 7.00. The van der Waals surface area contributed by atoms with E-state index in [1.807, 2.05) is 29.9 Å². The monoisotopic (exact) mass is 528 g/mol. The number of carboxylic acids is 1. The predicted molar refractivity (Wildman–Crippen MR) is 147 cm³/mol. The number of hydrogen-bond donors (Lipinski definition) is 1. The maximum Gasteiger partial charge on any atom is 0.303 e. The molecule has 194 valence electrons. The third kappa shape index (κ3) is 6.97. The molecule has 3 atom stereocenters. The van der Waals surface area contributed by atoms with Gasteiger partial charge in [-0.15, -0.1) is 11.3 Å². The summed E-state index contributed by atoms with van der Waals surface area (Å²) in [5.74, 6) is 1.71. The summed E-state index contributed by atoms with van der Waals surface area (Å²) in [5.41, 5.74) is 2.21. The summed E-state index contributed by atoms with van der Waals surface area (Å²) in [4.78, 5) is 25.3. The van der Waals surface area contributed by atoms with E-state index in [0.717, 1.165) is 65.6 Å². The smallest absolute Gasteiger partial charge is 0.303 e. The number of thioether (sulfide) groups is 1. The second kappa shape index (κ2) is 12.9. The van der Waals surface area contributed by atoms with Crippen LogP contribution in [0.2, 0.25) is 0 Å². The number of rotatable bonds is 12. The number of aliphatic carboxylic acids is 1. The molecule has 36 heavy (non-hydrogen) atoms. The van der Waals surface area contributed by atoms with E-state index in [2.05, 4.69) is 46.0 Å². The Morgan fingerprint density at radius 2 is 2.14 bits per heavy atom. The number of methoxy groups -OCH3 is 1. The number of benzene rings is 1. The normalized spacial score (nSPS) is 19.6. The van der Waals surface area contributed by atoms with Gasteiger partial charge < -0.3 is 19.6 Å². The number of nitrogens with zero attached hydrogens (tertiary/aromatic N) is 4. The Morgan fingerprint density at radius 3 is 2.86 bits per heavy atom. The Hall–Kier alpha value is -2.20. The SMILES string of the molecule is COc1ccc2nccc(C(CC[C@@H]3CCN(CCSc4nccs4)C[C@@H]3CC(=O)O)N(C)C)c2c1. The molecule has 1 aromatic carbocycles. The molecule has 0 aliphatic carbocycles. The highest BCUT2D eigenvalue weighted by atomic mass is 32.2. The molecule has 1 N–H and O–H groups in total. The molecule has 0 amide bonds. The zero-order chi connectivity index (χ0) is 25.5. The van der Waals surface area contributed by atoms with Crippen LogP contribution in [-0.2, 0) is 4.79 Å². The first-order valence-corrected chi connectivity index (χ1v) is 14.4. The van der Waals surface area contributed by atoms with Crippen LogP contribution in [0.5, 0.6) is 5.75 Å². The zero-order valence-electron chi connectivity index (χ0n) is 21.3. The van der Waals surface area contributed by atoms with E-state index in [4.69, 9.17) is 4.74 Å². The second-order valence-corrected chi connectivity index (χ2v) is 11.9. The van der Waals surface area contributed by atoms with E-state index in [0.29, 0.717) is 5.92 Å². The van der Waals surface area contributed by atoms with Crippen LogP contribution in [0.4, 0.5) is 0 Å². The fourth-order valence-corrected chi connectivity index (χ4v) is 7.07. The van der Waals surface area contributed by atoms with Gasteiger partial charge in [0.05, 0.1) is 12.6 Å². The van der Waals surface area contributed by atoms with Crippen molar-refractivity contribution in [3.63, 3.8) is 0 Å². The number of carboxylic acid groups (broad SMARTS) is 1. The number of aromatic nitrogens is 2. The van der Waals surface area contributed by atoms with Gasteiger partial charge in [-0.05, 0) is 81.6 Å². The Kier molecular flexibility index (Phi) is 9.59. The third-order valence-electron chi connectivity index (χ3n) is 7.23. The van der Waals surface area contributed by atoms with E-state index in [1.54, 1.807) is 30.2 Å². The highest BCUT2D eigenvalue weighted by Gasteiger charge is 2.31. The number of carbonyl (C=O) groups is 1. The first-order chi connectivity index (χ1) is 17.4. The van der Waals surface area contributed by atoms with Crippen LogP contribution < -0.4 is 4.74 Å². The first-order valence-electron chi connectivity index (χ1n) is 12.5. The van der Waals surface area contributed by atoms with Crippen molar-refractivity contribution in [2.75, 3.05) is 46.6 Å². The van der Waals surface area contributed by atoms with Gasteiger partial charge in [-0.3, -0.25) is 9.78 Å². The average Bonchev–Trinajstić information content (AvgIpc) is 3.38. The van der Waals surface area contributed by atoms with Crippen molar-refractivity contribution in [3.05, 3.63) is 47.6 Å². The van der Waals surface area contributed by atoms with Gasteiger partial charge in [-0.1, -0.05) is 11.8 Å². The first kappa shape index (κ1) is 26.9. The van der Waals surface area contributed by atoms with Gasteiger partial charge >= 0.3 is 5.97 Å². The lowest BCUT2D eigenvalue weighted by molar-refractivity contribution is -0.139. The molecular formula is C27H36N4O3S2. The summed E-state index contributed by atoms with van der Waals surface area (Å²) in [6.45, 7) is 2.86. The molecule has 0 bridgehead atoms. The van der Waals surface area contributed by atoms with Crippen molar-refractivity contribution in [1.29, 1.82) is 0 Å². The summed E-state index contributed by atoms with van der Waals surface area (Å²) in [5, 5.41) is 12.7. The number of piperidine rings is 1. The van der Waals surface area contributed by atoms with Crippen LogP contribution in [0.25, 0.3) is 10.9 Å². The van der Waals surface area contributed by atoms with Gasteiger partial charge in [0.1, 0.15) is 10.1 Å². The lowest BCUT2D eigenvalue weighted by atomic mass is 9.79. The Labute approximate surface area is 221 Å². The lowest BCUT2D eigenvalue weighted by Crippen LogP contribution is -2.42. The second-order valence-electron chi connectivity index (χ2n) is 9.69. The molecular weight excluding hydrogens is 492 g/mol. The minimum absolute atomic E-state index is 0.179. The molecule has 1 aliphatic rings. The van der Waals surface area contributed by atoms with Crippen molar-refractivity contribution in [1.82, 2.24) is 19.8 Å². The van der Waals surface area contributed by atoms with E-state index in [-0.39, 0.29) is 18.4 Å². The Morgan fingerprint density at radius 1 is 1.28 bits per heavy atom. The zero-order valence-corrected chi connectivity index (χ0v) is 22.9. The molecule has 3 heterocycles.